The van der Waals surface area contributed by atoms with E-state index in [9.17, 15) is 4.79 Å². The quantitative estimate of drug-likeness (QED) is 0.715. The van der Waals surface area contributed by atoms with Gasteiger partial charge in [-0.2, -0.15) is 0 Å². The fourth-order valence-corrected chi connectivity index (χ4v) is 2.29. The van der Waals surface area contributed by atoms with Gasteiger partial charge >= 0.3 is 0 Å². The number of amides is 1. The molecule has 0 saturated carbocycles. The number of carbonyl (C=O) groups excluding carboxylic acids is 1. The van der Waals surface area contributed by atoms with E-state index in [0.29, 0.717) is 18.3 Å². The Kier molecular flexibility index (Phi) is 7.36. The van der Waals surface area contributed by atoms with Gasteiger partial charge in [-0.15, -0.1) is 11.8 Å². The summed E-state index contributed by atoms with van der Waals surface area (Å²) in [7, 11) is 1.64. The zero-order valence-corrected chi connectivity index (χ0v) is 12.5. The number of ether oxygens (including phenoxy) is 1. The lowest BCUT2D eigenvalue weighted by molar-refractivity contribution is -0.118. The van der Waals surface area contributed by atoms with Crippen molar-refractivity contribution in [1.82, 2.24) is 10.6 Å². The van der Waals surface area contributed by atoms with E-state index in [1.165, 1.54) is 11.8 Å². The van der Waals surface area contributed by atoms with Crippen molar-refractivity contribution < 1.29 is 9.53 Å². The molecule has 0 bridgehead atoms. The summed E-state index contributed by atoms with van der Waals surface area (Å²) < 4.78 is 5.09. The third-order valence-corrected chi connectivity index (χ3v) is 3.60. The molecule has 0 aromatic heterocycles. The summed E-state index contributed by atoms with van der Waals surface area (Å²) >= 11 is 1.52. The van der Waals surface area contributed by atoms with E-state index in [2.05, 4.69) is 24.5 Å². The van der Waals surface area contributed by atoms with Crippen molar-refractivity contribution in [2.24, 2.45) is 0 Å². The first-order valence-corrected chi connectivity index (χ1v) is 7.41. The third kappa shape index (κ3) is 6.50. The summed E-state index contributed by atoms with van der Waals surface area (Å²) in [5.41, 5.74) is 0. The van der Waals surface area contributed by atoms with E-state index in [4.69, 9.17) is 4.74 Å². The monoisotopic (exact) mass is 282 g/mol. The van der Waals surface area contributed by atoms with Crippen LogP contribution < -0.4 is 15.4 Å². The molecule has 106 valence electrons. The number of hydrogen-bond acceptors (Lipinski definition) is 4. The van der Waals surface area contributed by atoms with Crippen LogP contribution in [-0.4, -0.2) is 37.9 Å². The molecule has 2 N–H and O–H groups in total. The van der Waals surface area contributed by atoms with E-state index in [1.54, 1.807) is 7.11 Å². The van der Waals surface area contributed by atoms with Crippen molar-refractivity contribution in [3.8, 4) is 5.75 Å². The van der Waals surface area contributed by atoms with Crippen molar-refractivity contribution in [3.63, 3.8) is 0 Å². The predicted octanol–water partition coefficient (Wildman–Crippen LogP) is 1.90. The number of hydrogen-bond donors (Lipinski definition) is 2. The first-order chi connectivity index (χ1) is 9.15. The maximum atomic E-state index is 11.7. The molecule has 1 rings (SSSR count). The van der Waals surface area contributed by atoms with Gasteiger partial charge in [0.15, 0.2) is 0 Å². The molecule has 1 aromatic rings. The molecule has 1 amide bonds. The zero-order chi connectivity index (χ0) is 14.1. The normalized spacial score (nSPS) is 11.9. The van der Waals surface area contributed by atoms with E-state index in [1.807, 2.05) is 24.3 Å². The maximum absolute atomic E-state index is 11.7. The summed E-state index contributed by atoms with van der Waals surface area (Å²) in [4.78, 5) is 12.7. The summed E-state index contributed by atoms with van der Waals surface area (Å²) in [5.74, 6) is 1.32. The molecule has 0 saturated heterocycles. The molecule has 0 fully saturated rings. The smallest absolute Gasteiger partial charge is 0.230 e. The lowest BCUT2D eigenvalue weighted by atomic mass is 10.3. The van der Waals surface area contributed by atoms with Crippen LogP contribution in [0, 0.1) is 0 Å². The molecule has 19 heavy (non-hydrogen) atoms. The van der Waals surface area contributed by atoms with Crippen LogP contribution in [-0.2, 0) is 4.79 Å². The summed E-state index contributed by atoms with van der Waals surface area (Å²) in [6.45, 7) is 5.69. The van der Waals surface area contributed by atoms with Gasteiger partial charge in [0, 0.05) is 17.5 Å². The zero-order valence-electron chi connectivity index (χ0n) is 11.7. The lowest BCUT2D eigenvalue weighted by Crippen LogP contribution is -2.39. The molecule has 0 radical (unpaired) electrons. The second-order valence-corrected chi connectivity index (χ2v) is 5.28. The second kappa shape index (κ2) is 8.82. The molecule has 1 atom stereocenters. The molecular formula is C14H22N2O2S. The highest BCUT2D eigenvalue weighted by Gasteiger charge is 2.05. The highest BCUT2D eigenvalue weighted by atomic mass is 32.2. The summed E-state index contributed by atoms with van der Waals surface area (Å²) in [6.07, 6.45) is 0. The van der Waals surface area contributed by atoms with Gasteiger partial charge in [0.25, 0.3) is 0 Å². The SMILES string of the molecule is CCN[C@H](C)CNC(=O)CSc1ccc(OC)cc1. The van der Waals surface area contributed by atoms with Gasteiger partial charge in [-0.3, -0.25) is 4.79 Å². The Hall–Kier alpha value is -1.20. The second-order valence-electron chi connectivity index (χ2n) is 4.23. The molecule has 0 spiro atoms. The standard InChI is InChI=1S/C14H22N2O2S/c1-4-15-11(2)9-16-14(17)10-19-13-7-5-12(18-3)6-8-13/h5-8,11,15H,4,9-10H2,1-3H3,(H,16,17)/t11-/m1/s1. The fraction of sp³-hybridized carbons (Fsp3) is 0.500. The van der Waals surface area contributed by atoms with Gasteiger partial charge in [0.05, 0.1) is 12.9 Å². The number of carbonyl (C=O) groups is 1. The van der Waals surface area contributed by atoms with Gasteiger partial charge in [-0.25, -0.2) is 0 Å². The number of rotatable bonds is 8. The first kappa shape index (κ1) is 15.9. The molecule has 0 aliphatic heterocycles. The van der Waals surface area contributed by atoms with Crippen molar-refractivity contribution >= 4 is 17.7 Å². The number of methoxy groups -OCH3 is 1. The minimum absolute atomic E-state index is 0.0607. The predicted molar refractivity (Wildman–Crippen MR) is 79.9 cm³/mol. The van der Waals surface area contributed by atoms with E-state index < -0.39 is 0 Å². The topological polar surface area (TPSA) is 50.4 Å². The third-order valence-electron chi connectivity index (χ3n) is 2.59. The number of nitrogens with one attached hydrogen (secondary N) is 2. The molecule has 0 heterocycles. The minimum atomic E-state index is 0.0607. The number of benzene rings is 1. The Morgan fingerprint density at radius 1 is 1.37 bits per heavy atom. The Balaban J connectivity index is 2.25. The molecule has 4 nitrogen and oxygen atoms in total. The van der Waals surface area contributed by atoms with Gasteiger partial charge in [0.1, 0.15) is 5.75 Å². The van der Waals surface area contributed by atoms with Crippen molar-refractivity contribution in [3.05, 3.63) is 24.3 Å². The van der Waals surface area contributed by atoms with Crippen LogP contribution >= 0.6 is 11.8 Å². The van der Waals surface area contributed by atoms with Gasteiger partial charge in [-0.1, -0.05) is 6.92 Å². The van der Waals surface area contributed by atoms with Crippen LogP contribution in [0.1, 0.15) is 13.8 Å². The molecule has 0 aliphatic carbocycles. The van der Waals surface area contributed by atoms with E-state index in [-0.39, 0.29) is 5.91 Å². The average molecular weight is 282 g/mol. The highest BCUT2D eigenvalue weighted by molar-refractivity contribution is 8.00. The van der Waals surface area contributed by atoms with Crippen LogP contribution in [0.3, 0.4) is 0 Å². The molecule has 0 aliphatic rings. The van der Waals surface area contributed by atoms with Crippen molar-refractivity contribution in [2.45, 2.75) is 24.8 Å². The van der Waals surface area contributed by atoms with Gasteiger partial charge < -0.3 is 15.4 Å². The molecular weight excluding hydrogens is 260 g/mol. The molecule has 1 aromatic carbocycles. The van der Waals surface area contributed by atoms with Crippen molar-refractivity contribution in [2.75, 3.05) is 26.0 Å². The van der Waals surface area contributed by atoms with Gasteiger partial charge in [-0.05, 0) is 37.7 Å². The summed E-state index contributed by atoms with van der Waals surface area (Å²) in [5, 5.41) is 6.16. The maximum Gasteiger partial charge on any atom is 0.230 e. The van der Waals surface area contributed by atoms with Crippen LogP contribution in [0.2, 0.25) is 0 Å². The first-order valence-electron chi connectivity index (χ1n) is 6.42. The molecule has 0 unspecified atom stereocenters. The van der Waals surface area contributed by atoms with E-state index >= 15 is 0 Å². The van der Waals surface area contributed by atoms with Crippen LogP contribution in [0.4, 0.5) is 0 Å². The van der Waals surface area contributed by atoms with Crippen LogP contribution in [0.25, 0.3) is 0 Å². The highest BCUT2D eigenvalue weighted by Crippen LogP contribution is 2.20. The van der Waals surface area contributed by atoms with Crippen molar-refractivity contribution in [1.29, 1.82) is 0 Å². The Morgan fingerprint density at radius 2 is 2.05 bits per heavy atom. The van der Waals surface area contributed by atoms with Crippen LogP contribution in [0.5, 0.6) is 5.75 Å². The lowest BCUT2D eigenvalue weighted by Gasteiger charge is -2.13. The molecule has 5 heteroatoms. The average Bonchev–Trinajstić information content (AvgIpc) is 2.44. The Bertz CT molecular complexity index is 382. The Morgan fingerprint density at radius 3 is 2.63 bits per heavy atom. The fourth-order valence-electron chi connectivity index (χ4n) is 1.56. The van der Waals surface area contributed by atoms with Gasteiger partial charge in [0.2, 0.25) is 5.91 Å². The summed E-state index contributed by atoms with van der Waals surface area (Å²) in [6, 6.07) is 8.01. The van der Waals surface area contributed by atoms with Crippen LogP contribution in [0.15, 0.2) is 29.2 Å². The number of thioether (sulfide) groups is 1. The van der Waals surface area contributed by atoms with E-state index in [0.717, 1.165) is 17.2 Å². The Labute approximate surface area is 119 Å². The minimum Gasteiger partial charge on any atom is -0.497 e. The largest absolute Gasteiger partial charge is 0.497 e. The number of likely N-dealkylation sites (N-methyl/N-ethyl adjacent to an activating group) is 1.